The van der Waals surface area contributed by atoms with Gasteiger partial charge in [-0.1, -0.05) is 0 Å². The van der Waals surface area contributed by atoms with E-state index in [9.17, 15) is 13.2 Å². The molecule has 1 saturated heterocycles. The second-order valence-corrected chi connectivity index (χ2v) is 9.48. The summed E-state index contributed by atoms with van der Waals surface area (Å²) in [6, 6.07) is 17.0. The fraction of sp³-hybridized carbons (Fsp3) is 0.250. The zero-order valence-corrected chi connectivity index (χ0v) is 19.1. The van der Waals surface area contributed by atoms with Crippen molar-refractivity contribution < 1.29 is 22.7 Å². The molecule has 0 N–H and O–H groups in total. The third kappa shape index (κ3) is 5.32. The van der Waals surface area contributed by atoms with Crippen molar-refractivity contribution in [3.63, 3.8) is 0 Å². The maximum Gasteiger partial charge on any atom is 0.253 e. The van der Waals surface area contributed by atoms with Gasteiger partial charge in [-0.2, -0.15) is 4.31 Å². The van der Waals surface area contributed by atoms with Crippen molar-refractivity contribution in [3.05, 3.63) is 84.2 Å². The highest BCUT2D eigenvalue weighted by Gasteiger charge is 2.30. The van der Waals surface area contributed by atoms with Crippen molar-refractivity contribution in [1.82, 2.24) is 14.2 Å². The Morgan fingerprint density at radius 1 is 0.879 bits per heavy atom. The van der Waals surface area contributed by atoms with Crippen molar-refractivity contribution >= 4 is 15.9 Å². The van der Waals surface area contributed by atoms with E-state index < -0.39 is 10.0 Å². The third-order valence-corrected chi connectivity index (χ3v) is 7.39. The molecule has 8 nitrogen and oxygen atoms in total. The molecule has 9 heteroatoms. The number of carbonyl (C=O) groups is 1. The molecule has 0 spiro atoms. The summed E-state index contributed by atoms with van der Waals surface area (Å²) in [7, 11) is -2.09. The molecule has 0 radical (unpaired) electrons. The van der Waals surface area contributed by atoms with Crippen LogP contribution in [0.15, 0.2) is 78.0 Å². The number of hydrogen-bond acceptors (Lipinski definition) is 6. The predicted octanol–water partition coefficient (Wildman–Crippen LogP) is 2.82. The highest BCUT2D eigenvalue weighted by atomic mass is 32.2. The number of rotatable bonds is 7. The first-order valence-corrected chi connectivity index (χ1v) is 12.0. The molecule has 0 saturated carbocycles. The van der Waals surface area contributed by atoms with E-state index >= 15 is 0 Å². The van der Waals surface area contributed by atoms with Crippen LogP contribution in [0.2, 0.25) is 0 Å². The quantitative estimate of drug-likeness (QED) is 0.531. The summed E-state index contributed by atoms with van der Waals surface area (Å²) in [6.07, 6.45) is 3.42. The lowest BCUT2D eigenvalue weighted by Crippen LogP contribution is -2.50. The van der Waals surface area contributed by atoms with Crippen LogP contribution in [0.3, 0.4) is 0 Å². The third-order valence-electron chi connectivity index (χ3n) is 5.48. The van der Waals surface area contributed by atoms with Crippen molar-refractivity contribution in [2.45, 2.75) is 11.5 Å². The van der Waals surface area contributed by atoms with E-state index in [0.29, 0.717) is 36.8 Å². The Morgan fingerprint density at radius 3 is 2.09 bits per heavy atom. The number of amides is 1. The standard InChI is InChI=1S/C24H25N3O5S/c1-31-21-6-8-23(9-7-21)33(29,30)27-16-14-26(15-17-27)24(28)20-2-4-22(5-3-20)32-18-19-10-12-25-13-11-19/h2-13H,14-18H2,1H3. The van der Waals surface area contributed by atoms with Gasteiger partial charge >= 0.3 is 0 Å². The molecule has 1 fully saturated rings. The number of piperazine rings is 1. The van der Waals surface area contributed by atoms with Crippen LogP contribution in [0, 0.1) is 0 Å². The number of carbonyl (C=O) groups excluding carboxylic acids is 1. The number of pyridine rings is 1. The minimum absolute atomic E-state index is 0.128. The molecular formula is C24H25N3O5S. The molecule has 4 rings (SSSR count). The summed E-state index contributed by atoms with van der Waals surface area (Å²) in [4.78, 5) is 18.7. The predicted molar refractivity (Wildman–Crippen MR) is 123 cm³/mol. The van der Waals surface area contributed by atoms with Gasteiger partial charge in [0.05, 0.1) is 12.0 Å². The Morgan fingerprint density at radius 2 is 1.48 bits per heavy atom. The average Bonchev–Trinajstić information content (AvgIpc) is 2.88. The summed E-state index contributed by atoms with van der Waals surface area (Å²) in [5.74, 6) is 1.13. The highest BCUT2D eigenvalue weighted by Crippen LogP contribution is 2.22. The SMILES string of the molecule is COc1ccc(S(=O)(=O)N2CCN(C(=O)c3ccc(OCc4ccncc4)cc3)CC2)cc1. The van der Waals surface area contributed by atoms with Crippen molar-refractivity contribution in [3.8, 4) is 11.5 Å². The van der Waals surface area contributed by atoms with Crippen LogP contribution in [0.4, 0.5) is 0 Å². The number of ether oxygens (including phenoxy) is 2. The van der Waals surface area contributed by atoms with Gasteiger partial charge in [-0.15, -0.1) is 0 Å². The highest BCUT2D eigenvalue weighted by molar-refractivity contribution is 7.89. The minimum atomic E-state index is -3.62. The lowest BCUT2D eigenvalue weighted by atomic mass is 10.2. The lowest BCUT2D eigenvalue weighted by Gasteiger charge is -2.34. The fourth-order valence-corrected chi connectivity index (χ4v) is 4.97. The van der Waals surface area contributed by atoms with E-state index in [-0.39, 0.29) is 23.9 Å². The van der Waals surface area contributed by atoms with Crippen molar-refractivity contribution in [2.24, 2.45) is 0 Å². The summed E-state index contributed by atoms with van der Waals surface area (Å²) in [5, 5.41) is 0. The van der Waals surface area contributed by atoms with E-state index in [1.165, 1.54) is 23.5 Å². The number of nitrogens with zero attached hydrogens (tertiary/aromatic N) is 3. The van der Waals surface area contributed by atoms with Crippen LogP contribution in [0.1, 0.15) is 15.9 Å². The summed E-state index contributed by atoms with van der Waals surface area (Å²) in [5.41, 5.74) is 1.55. The van der Waals surface area contributed by atoms with Crippen LogP contribution in [0.5, 0.6) is 11.5 Å². The van der Waals surface area contributed by atoms with E-state index in [1.54, 1.807) is 53.7 Å². The molecule has 33 heavy (non-hydrogen) atoms. The molecule has 172 valence electrons. The zero-order valence-electron chi connectivity index (χ0n) is 18.3. The summed E-state index contributed by atoms with van der Waals surface area (Å²) >= 11 is 0. The monoisotopic (exact) mass is 467 g/mol. The number of benzene rings is 2. The molecule has 2 aromatic carbocycles. The first-order chi connectivity index (χ1) is 16.0. The van der Waals surface area contributed by atoms with Crippen LogP contribution in [0.25, 0.3) is 0 Å². The second-order valence-electron chi connectivity index (χ2n) is 7.54. The zero-order chi connectivity index (χ0) is 23.3. The largest absolute Gasteiger partial charge is 0.497 e. The minimum Gasteiger partial charge on any atom is -0.497 e. The van der Waals surface area contributed by atoms with Gasteiger partial charge in [0.25, 0.3) is 5.91 Å². The number of hydrogen-bond donors (Lipinski definition) is 0. The van der Waals surface area contributed by atoms with Crippen molar-refractivity contribution in [2.75, 3.05) is 33.3 Å². The fourth-order valence-electron chi connectivity index (χ4n) is 3.55. The Balaban J connectivity index is 1.33. The molecule has 0 aliphatic carbocycles. The first-order valence-electron chi connectivity index (χ1n) is 10.5. The van der Waals surface area contributed by atoms with Crippen molar-refractivity contribution in [1.29, 1.82) is 0 Å². The summed E-state index contributed by atoms with van der Waals surface area (Å²) in [6.45, 7) is 1.56. The van der Waals surface area contributed by atoms with E-state index in [2.05, 4.69) is 4.98 Å². The van der Waals surface area contributed by atoms with Gasteiger partial charge in [-0.05, 0) is 66.2 Å². The molecule has 1 amide bonds. The van der Waals surface area contributed by atoms with Crippen LogP contribution in [-0.4, -0.2) is 61.8 Å². The second kappa shape index (κ2) is 10.0. The number of methoxy groups -OCH3 is 1. The molecule has 0 atom stereocenters. The first kappa shape index (κ1) is 22.8. The van der Waals surface area contributed by atoms with Crippen LogP contribution >= 0.6 is 0 Å². The van der Waals surface area contributed by atoms with E-state index in [4.69, 9.17) is 9.47 Å². The molecule has 1 aromatic heterocycles. The van der Waals surface area contributed by atoms with Gasteiger partial charge in [-0.3, -0.25) is 9.78 Å². The van der Waals surface area contributed by atoms with Gasteiger partial charge in [0.1, 0.15) is 18.1 Å². The maximum atomic E-state index is 12.9. The Bertz CT molecular complexity index is 1180. The molecule has 3 aromatic rings. The van der Waals surface area contributed by atoms with E-state index in [0.717, 1.165) is 5.56 Å². The molecule has 0 bridgehead atoms. The van der Waals surface area contributed by atoms with Gasteiger partial charge in [-0.25, -0.2) is 8.42 Å². The lowest BCUT2D eigenvalue weighted by molar-refractivity contribution is 0.0698. The Kier molecular flexibility index (Phi) is 6.90. The molecule has 0 unspecified atom stereocenters. The molecule has 2 heterocycles. The van der Waals surface area contributed by atoms with Gasteiger partial charge in [0.2, 0.25) is 10.0 Å². The topological polar surface area (TPSA) is 89.0 Å². The Hall–Kier alpha value is -3.43. The number of aromatic nitrogens is 1. The van der Waals surface area contributed by atoms with E-state index in [1.807, 2.05) is 12.1 Å². The van der Waals surface area contributed by atoms with Crippen LogP contribution in [-0.2, 0) is 16.6 Å². The molecule has 1 aliphatic rings. The average molecular weight is 468 g/mol. The molecule has 1 aliphatic heterocycles. The van der Waals surface area contributed by atoms with Gasteiger partial charge in [0.15, 0.2) is 0 Å². The maximum absolute atomic E-state index is 12.9. The normalized spacial score (nSPS) is 14.6. The Labute approximate surface area is 193 Å². The number of sulfonamides is 1. The smallest absolute Gasteiger partial charge is 0.253 e. The summed E-state index contributed by atoms with van der Waals surface area (Å²) < 4.78 is 38.0. The van der Waals surface area contributed by atoms with Gasteiger partial charge in [0, 0.05) is 44.1 Å². The van der Waals surface area contributed by atoms with Gasteiger partial charge < -0.3 is 14.4 Å². The molecular weight excluding hydrogens is 442 g/mol. The van der Waals surface area contributed by atoms with Crippen LogP contribution < -0.4 is 9.47 Å².